The Kier molecular flexibility index (Phi) is 1.19. The van der Waals surface area contributed by atoms with E-state index < -0.39 is 0 Å². The molecule has 2 aromatic rings. The van der Waals surface area contributed by atoms with Crippen molar-refractivity contribution >= 4 is 29.1 Å². The van der Waals surface area contributed by atoms with Crippen LogP contribution in [0.25, 0.3) is 11.0 Å². The summed E-state index contributed by atoms with van der Waals surface area (Å²) in [6.45, 7) is 0. The van der Waals surface area contributed by atoms with Crippen LogP contribution in [0.15, 0.2) is 12.4 Å². The van der Waals surface area contributed by atoms with E-state index in [1.165, 1.54) is 0 Å². The first-order valence-corrected chi connectivity index (χ1v) is 3.50. The Hall–Kier alpha value is -1.36. The van der Waals surface area contributed by atoms with Crippen molar-refractivity contribution in [1.29, 1.82) is 0 Å². The molecule has 2 heterocycles. The van der Waals surface area contributed by atoms with Crippen LogP contribution in [0.4, 0.5) is 5.82 Å². The molecule has 2 rings (SSSR count). The van der Waals surface area contributed by atoms with Gasteiger partial charge in [-0.15, -0.1) is 0 Å². The minimum atomic E-state index is 0.548. The summed E-state index contributed by atoms with van der Waals surface area (Å²) in [5.41, 5.74) is 7.14. The molecule has 11 heavy (non-hydrogen) atoms. The maximum atomic E-state index is 5.51. The standard InChI is InChI=1S/C6H6N4S/c7-4-1-3-5(6(11)10-4)9-2-8-3/h1-2H,(H,8,9)(H3,7,10,11). The molecule has 0 aliphatic carbocycles. The van der Waals surface area contributed by atoms with Gasteiger partial charge in [0.1, 0.15) is 16.0 Å². The lowest BCUT2D eigenvalue weighted by Gasteiger charge is -1.92. The molecule has 0 spiro atoms. The summed E-state index contributed by atoms with van der Waals surface area (Å²) < 4.78 is 0.571. The van der Waals surface area contributed by atoms with Crippen molar-refractivity contribution in [1.82, 2.24) is 15.0 Å². The van der Waals surface area contributed by atoms with Crippen molar-refractivity contribution in [3.63, 3.8) is 0 Å². The van der Waals surface area contributed by atoms with Gasteiger partial charge in [-0.3, -0.25) is 0 Å². The van der Waals surface area contributed by atoms with Gasteiger partial charge in [0.25, 0.3) is 0 Å². The molecule has 0 unspecified atom stereocenters. The molecule has 0 saturated carbocycles. The topological polar surface area (TPSA) is 70.5 Å². The Morgan fingerprint density at radius 3 is 3.18 bits per heavy atom. The molecular formula is C6H6N4S. The van der Waals surface area contributed by atoms with Gasteiger partial charge in [-0.25, -0.2) is 4.98 Å². The smallest absolute Gasteiger partial charge is 0.133 e. The molecule has 0 aliphatic heterocycles. The number of nitrogens with two attached hydrogens (primary N) is 1. The molecule has 4 N–H and O–H groups in total. The van der Waals surface area contributed by atoms with Crippen molar-refractivity contribution in [3.8, 4) is 0 Å². The molecule has 4 nitrogen and oxygen atoms in total. The molecule has 5 heteroatoms. The maximum absolute atomic E-state index is 5.51. The Balaban J connectivity index is 3.02. The van der Waals surface area contributed by atoms with Gasteiger partial charge in [0.05, 0.1) is 11.8 Å². The van der Waals surface area contributed by atoms with E-state index in [1.807, 2.05) is 0 Å². The van der Waals surface area contributed by atoms with Crippen LogP contribution >= 0.6 is 12.2 Å². The highest BCUT2D eigenvalue weighted by molar-refractivity contribution is 7.71. The fraction of sp³-hybridized carbons (Fsp3) is 0. The van der Waals surface area contributed by atoms with Crippen molar-refractivity contribution < 1.29 is 0 Å². The Bertz CT molecular complexity index is 441. The second-order valence-corrected chi connectivity index (χ2v) is 2.63. The second kappa shape index (κ2) is 2.06. The number of hydrogen-bond acceptors (Lipinski definition) is 3. The molecule has 0 atom stereocenters. The van der Waals surface area contributed by atoms with Gasteiger partial charge in [-0.2, -0.15) is 0 Å². The first-order chi connectivity index (χ1) is 5.27. The fourth-order valence-corrected chi connectivity index (χ4v) is 1.26. The number of imidazole rings is 1. The lowest BCUT2D eigenvalue weighted by Crippen LogP contribution is -1.89. The Morgan fingerprint density at radius 1 is 1.55 bits per heavy atom. The SMILES string of the molecule is Nc1cc2[nH]cnc2c(=S)[nH]1. The minimum absolute atomic E-state index is 0.548. The van der Waals surface area contributed by atoms with E-state index in [4.69, 9.17) is 18.0 Å². The van der Waals surface area contributed by atoms with E-state index in [2.05, 4.69) is 15.0 Å². The van der Waals surface area contributed by atoms with E-state index in [0.29, 0.717) is 10.5 Å². The van der Waals surface area contributed by atoms with Crippen LogP contribution in [-0.2, 0) is 0 Å². The average Bonchev–Trinajstić information content (AvgIpc) is 2.34. The highest BCUT2D eigenvalue weighted by Crippen LogP contribution is 2.11. The summed E-state index contributed by atoms with van der Waals surface area (Å²) in [5, 5.41) is 0. The Labute approximate surface area is 67.5 Å². The summed E-state index contributed by atoms with van der Waals surface area (Å²) in [6.07, 6.45) is 1.59. The fourth-order valence-electron chi connectivity index (χ4n) is 0.977. The third kappa shape index (κ3) is 0.894. The second-order valence-electron chi connectivity index (χ2n) is 2.22. The van der Waals surface area contributed by atoms with E-state index >= 15 is 0 Å². The number of nitrogen functional groups attached to an aromatic ring is 1. The maximum Gasteiger partial charge on any atom is 0.133 e. The Morgan fingerprint density at radius 2 is 2.36 bits per heavy atom. The van der Waals surface area contributed by atoms with Gasteiger partial charge in [0.2, 0.25) is 0 Å². The number of fused-ring (bicyclic) bond motifs is 1. The molecule has 56 valence electrons. The van der Waals surface area contributed by atoms with Crippen LogP contribution in [0.2, 0.25) is 0 Å². The molecule has 0 saturated heterocycles. The highest BCUT2D eigenvalue weighted by atomic mass is 32.1. The van der Waals surface area contributed by atoms with Crippen molar-refractivity contribution in [2.75, 3.05) is 5.73 Å². The lowest BCUT2D eigenvalue weighted by molar-refractivity contribution is 1.31. The molecule has 2 aromatic heterocycles. The largest absolute Gasteiger partial charge is 0.385 e. The number of H-pyrrole nitrogens is 2. The number of pyridine rings is 1. The third-order valence-electron chi connectivity index (χ3n) is 1.44. The van der Waals surface area contributed by atoms with Gasteiger partial charge < -0.3 is 15.7 Å². The monoisotopic (exact) mass is 166 g/mol. The zero-order chi connectivity index (χ0) is 7.84. The van der Waals surface area contributed by atoms with E-state index in [1.54, 1.807) is 12.4 Å². The van der Waals surface area contributed by atoms with Crippen LogP contribution in [-0.4, -0.2) is 15.0 Å². The minimum Gasteiger partial charge on any atom is -0.385 e. The molecule has 0 aromatic carbocycles. The number of rotatable bonds is 0. The van der Waals surface area contributed by atoms with Gasteiger partial charge >= 0.3 is 0 Å². The molecule has 0 aliphatic rings. The van der Waals surface area contributed by atoms with Gasteiger partial charge in [0.15, 0.2) is 0 Å². The van der Waals surface area contributed by atoms with Gasteiger partial charge in [0, 0.05) is 6.07 Å². The van der Waals surface area contributed by atoms with Crippen molar-refractivity contribution in [2.45, 2.75) is 0 Å². The van der Waals surface area contributed by atoms with Crippen LogP contribution in [0, 0.1) is 4.64 Å². The predicted molar refractivity (Wildman–Crippen MR) is 45.7 cm³/mol. The first-order valence-electron chi connectivity index (χ1n) is 3.09. The van der Waals surface area contributed by atoms with E-state index in [9.17, 15) is 0 Å². The number of hydrogen-bond donors (Lipinski definition) is 3. The zero-order valence-electron chi connectivity index (χ0n) is 5.59. The number of aromatic amines is 2. The van der Waals surface area contributed by atoms with Crippen molar-refractivity contribution in [2.24, 2.45) is 0 Å². The van der Waals surface area contributed by atoms with Crippen LogP contribution < -0.4 is 5.73 Å². The average molecular weight is 166 g/mol. The zero-order valence-corrected chi connectivity index (χ0v) is 6.40. The van der Waals surface area contributed by atoms with Crippen molar-refractivity contribution in [3.05, 3.63) is 17.0 Å². The highest BCUT2D eigenvalue weighted by Gasteiger charge is 1.97. The van der Waals surface area contributed by atoms with Crippen LogP contribution in [0.3, 0.4) is 0 Å². The summed E-state index contributed by atoms with van der Waals surface area (Å²) in [7, 11) is 0. The third-order valence-corrected chi connectivity index (χ3v) is 1.74. The number of anilines is 1. The predicted octanol–water partition coefficient (Wildman–Crippen LogP) is 1.20. The molecule has 0 radical (unpaired) electrons. The first kappa shape index (κ1) is 6.36. The molecule has 0 fully saturated rings. The van der Waals surface area contributed by atoms with Crippen LogP contribution in [0.5, 0.6) is 0 Å². The number of nitrogens with one attached hydrogen (secondary N) is 2. The normalized spacial score (nSPS) is 10.5. The molecular weight excluding hydrogens is 160 g/mol. The summed E-state index contributed by atoms with van der Waals surface area (Å²) >= 11 is 4.98. The van der Waals surface area contributed by atoms with Crippen LogP contribution in [0.1, 0.15) is 0 Å². The summed E-state index contributed by atoms with van der Waals surface area (Å²) in [4.78, 5) is 9.75. The summed E-state index contributed by atoms with van der Waals surface area (Å²) in [5.74, 6) is 0.548. The summed E-state index contributed by atoms with van der Waals surface area (Å²) in [6, 6.07) is 1.76. The number of aromatic nitrogens is 3. The van der Waals surface area contributed by atoms with E-state index in [0.717, 1.165) is 11.0 Å². The number of nitrogens with zero attached hydrogens (tertiary/aromatic N) is 1. The van der Waals surface area contributed by atoms with Gasteiger partial charge in [-0.05, 0) is 0 Å². The molecule has 0 bridgehead atoms. The van der Waals surface area contributed by atoms with Gasteiger partial charge in [-0.1, -0.05) is 12.2 Å². The quantitative estimate of drug-likeness (QED) is 0.515. The lowest BCUT2D eigenvalue weighted by atomic mass is 10.4. The molecule has 0 amide bonds. The van der Waals surface area contributed by atoms with E-state index in [-0.39, 0.29) is 0 Å².